The van der Waals surface area contributed by atoms with Gasteiger partial charge in [-0.05, 0) is 35.6 Å². The molecule has 1 aromatic carbocycles. The minimum Gasteiger partial charge on any atom is -0.411 e. The molecule has 0 aromatic heterocycles. The Balaban J connectivity index is 2.18. The number of hydrogen-bond acceptors (Lipinski definition) is 3. The second kappa shape index (κ2) is 4.99. The summed E-state index contributed by atoms with van der Waals surface area (Å²) in [5.41, 5.74) is 3.29. The Morgan fingerprint density at radius 2 is 2.47 bits per heavy atom. The summed E-state index contributed by atoms with van der Waals surface area (Å²) in [7, 11) is 0. The molecule has 0 saturated heterocycles. The van der Waals surface area contributed by atoms with Crippen LogP contribution in [0.5, 0.6) is 0 Å². The normalized spacial score (nSPS) is 18.3. The maximum absolute atomic E-state index is 11.4. The van der Waals surface area contributed by atoms with Gasteiger partial charge in [0.1, 0.15) is 0 Å². The van der Waals surface area contributed by atoms with Gasteiger partial charge in [0.15, 0.2) is 0 Å². The molecule has 0 aliphatic heterocycles. The van der Waals surface area contributed by atoms with E-state index >= 15 is 0 Å². The highest BCUT2D eigenvalue weighted by Crippen LogP contribution is 2.31. The Morgan fingerprint density at radius 3 is 3.18 bits per heavy atom. The highest BCUT2D eigenvalue weighted by Gasteiger charge is 2.23. The number of benzene rings is 1. The number of nitrogens with zero attached hydrogens (tertiary/aromatic N) is 1. The van der Waals surface area contributed by atoms with Crippen LogP contribution in [0, 0.1) is 0 Å². The number of nitrogens with one attached hydrogen (secondary N) is 1. The summed E-state index contributed by atoms with van der Waals surface area (Å²) in [6.45, 7) is 1.85. The Labute approximate surface area is 100 Å². The van der Waals surface area contributed by atoms with Gasteiger partial charge in [0.05, 0.1) is 12.3 Å². The largest absolute Gasteiger partial charge is 0.411 e. The standard InChI is InChI=1S/C13H16N2O2/c1-2-13(16)15-12-6-4-10-7-9(8-14-17)3-5-11(10)12/h3,5,7-8,12,17H,2,4,6H2,1H3,(H,15,16)/b14-8-. The molecule has 1 amide bonds. The molecular weight excluding hydrogens is 216 g/mol. The summed E-state index contributed by atoms with van der Waals surface area (Å²) >= 11 is 0. The van der Waals surface area contributed by atoms with Crippen LogP contribution in [0.3, 0.4) is 0 Å². The summed E-state index contributed by atoms with van der Waals surface area (Å²) in [6, 6.07) is 6.04. The number of carbonyl (C=O) groups is 1. The topological polar surface area (TPSA) is 61.7 Å². The van der Waals surface area contributed by atoms with Crippen LogP contribution < -0.4 is 5.32 Å². The fourth-order valence-electron chi connectivity index (χ4n) is 2.23. The minimum absolute atomic E-state index is 0.0869. The number of rotatable bonds is 3. The molecule has 0 saturated carbocycles. The number of amides is 1. The molecule has 90 valence electrons. The molecule has 1 unspecified atom stereocenters. The van der Waals surface area contributed by atoms with Gasteiger partial charge in [-0.25, -0.2) is 0 Å². The second-order valence-corrected chi connectivity index (χ2v) is 4.22. The van der Waals surface area contributed by atoms with Crippen LogP contribution in [0.15, 0.2) is 23.4 Å². The summed E-state index contributed by atoms with van der Waals surface area (Å²) in [4.78, 5) is 11.4. The first-order valence-electron chi connectivity index (χ1n) is 5.84. The molecule has 1 atom stereocenters. The van der Waals surface area contributed by atoms with Crippen molar-refractivity contribution in [2.45, 2.75) is 32.2 Å². The molecule has 2 rings (SSSR count). The number of oxime groups is 1. The zero-order chi connectivity index (χ0) is 12.3. The number of carbonyl (C=O) groups excluding carboxylic acids is 1. The van der Waals surface area contributed by atoms with E-state index in [9.17, 15) is 4.79 Å². The second-order valence-electron chi connectivity index (χ2n) is 4.22. The molecule has 17 heavy (non-hydrogen) atoms. The number of aryl methyl sites for hydroxylation is 1. The van der Waals surface area contributed by atoms with Crippen LogP contribution in [0.2, 0.25) is 0 Å². The van der Waals surface area contributed by atoms with Crippen LogP contribution in [-0.4, -0.2) is 17.3 Å². The smallest absolute Gasteiger partial charge is 0.220 e. The van der Waals surface area contributed by atoms with Gasteiger partial charge in [-0.3, -0.25) is 4.79 Å². The average Bonchev–Trinajstić information content (AvgIpc) is 2.72. The predicted molar refractivity (Wildman–Crippen MR) is 65.3 cm³/mol. The van der Waals surface area contributed by atoms with Gasteiger partial charge < -0.3 is 10.5 Å². The third-order valence-electron chi connectivity index (χ3n) is 3.11. The molecule has 1 aliphatic rings. The third kappa shape index (κ3) is 2.46. The van der Waals surface area contributed by atoms with E-state index in [2.05, 4.69) is 10.5 Å². The van der Waals surface area contributed by atoms with Crippen molar-refractivity contribution in [1.29, 1.82) is 0 Å². The number of hydrogen-bond donors (Lipinski definition) is 2. The van der Waals surface area contributed by atoms with Crippen molar-refractivity contribution in [3.8, 4) is 0 Å². The zero-order valence-electron chi connectivity index (χ0n) is 9.81. The van der Waals surface area contributed by atoms with E-state index in [-0.39, 0.29) is 11.9 Å². The van der Waals surface area contributed by atoms with Gasteiger partial charge in [-0.15, -0.1) is 0 Å². The molecule has 0 radical (unpaired) electrons. The maximum atomic E-state index is 11.4. The molecule has 2 N–H and O–H groups in total. The van der Waals surface area contributed by atoms with Crippen molar-refractivity contribution in [1.82, 2.24) is 5.32 Å². The third-order valence-corrected chi connectivity index (χ3v) is 3.11. The van der Waals surface area contributed by atoms with Crippen LogP contribution in [-0.2, 0) is 11.2 Å². The van der Waals surface area contributed by atoms with Crippen molar-refractivity contribution in [3.63, 3.8) is 0 Å². The quantitative estimate of drug-likeness (QED) is 0.475. The van der Waals surface area contributed by atoms with Crippen molar-refractivity contribution >= 4 is 12.1 Å². The first-order valence-corrected chi connectivity index (χ1v) is 5.84. The molecule has 4 nitrogen and oxygen atoms in total. The van der Waals surface area contributed by atoms with Crippen LogP contribution >= 0.6 is 0 Å². The maximum Gasteiger partial charge on any atom is 0.220 e. The highest BCUT2D eigenvalue weighted by molar-refractivity contribution is 5.80. The molecule has 0 fully saturated rings. The van der Waals surface area contributed by atoms with Crippen molar-refractivity contribution in [2.24, 2.45) is 5.16 Å². The Hall–Kier alpha value is -1.84. The van der Waals surface area contributed by atoms with E-state index in [1.165, 1.54) is 17.3 Å². The van der Waals surface area contributed by atoms with E-state index in [0.29, 0.717) is 6.42 Å². The van der Waals surface area contributed by atoms with Crippen molar-refractivity contribution in [3.05, 3.63) is 34.9 Å². The SMILES string of the molecule is CCC(=O)NC1CCc2cc(/C=N\O)ccc21. The van der Waals surface area contributed by atoms with Gasteiger partial charge in [0.25, 0.3) is 0 Å². The lowest BCUT2D eigenvalue weighted by atomic mass is 10.1. The Morgan fingerprint density at radius 1 is 1.65 bits per heavy atom. The van der Waals surface area contributed by atoms with E-state index in [1.54, 1.807) is 0 Å². The van der Waals surface area contributed by atoms with Gasteiger partial charge in [0, 0.05) is 6.42 Å². The summed E-state index contributed by atoms with van der Waals surface area (Å²) < 4.78 is 0. The van der Waals surface area contributed by atoms with Crippen LogP contribution in [0.25, 0.3) is 0 Å². The monoisotopic (exact) mass is 232 g/mol. The van der Waals surface area contributed by atoms with Crippen LogP contribution in [0.4, 0.5) is 0 Å². The van der Waals surface area contributed by atoms with E-state index in [1.807, 2.05) is 25.1 Å². The highest BCUT2D eigenvalue weighted by atomic mass is 16.4. The molecule has 0 heterocycles. The minimum atomic E-state index is 0.0869. The fourth-order valence-corrected chi connectivity index (χ4v) is 2.23. The molecule has 1 aliphatic carbocycles. The lowest BCUT2D eigenvalue weighted by Crippen LogP contribution is -2.26. The van der Waals surface area contributed by atoms with Gasteiger partial charge in [0.2, 0.25) is 5.91 Å². The van der Waals surface area contributed by atoms with E-state index in [0.717, 1.165) is 18.4 Å². The summed E-state index contributed by atoms with van der Waals surface area (Å²) in [5.74, 6) is 0.0869. The Kier molecular flexibility index (Phi) is 3.42. The number of fused-ring (bicyclic) bond motifs is 1. The molecular formula is C13H16N2O2. The van der Waals surface area contributed by atoms with Crippen molar-refractivity contribution < 1.29 is 10.0 Å². The van der Waals surface area contributed by atoms with Gasteiger partial charge in [-0.2, -0.15) is 0 Å². The van der Waals surface area contributed by atoms with E-state index < -0.39 is 0 Å². The van der Waals surface area contributed by atoms with Gasteiger partial charge in [-0.1, -0.05) is 24.2 Å². The zero-order valence-corrected chi connectivity index (χ0v) is 9.81. The first-order chi connectivity index (χ1) is 8.24. The molecule has 0 bridgehead atoms. The first kappa shape index (κ1) is 11.6. The molecule has 0 spiro atoms. The average molecular weight is 232 g/mol. The van der Waals surface area contributed by atoms with E-state index in [4.69, 9.17) is 5.21 Å². The van der Waals surface area contributed by atoms with Crippen LogP contribution in [0.1, 0.15) is 42.5 Å². The fraction of sp³-hybridized carbons (Fsp3) is 0.385. The predicted octanol–water partition coefficient (Wildman–Crippen LogP) is 2.01. The molecule has 1 aromatic rings. The van der Waals surface area contributed by atoms with Gasteiger partial charge >= 0.3 is 0 Å². The summed E-state index contributed by atoms with van der Waals surface area (Å²) in [5, 5.41) is 14.5. The Bertz CT molecular complexity index is 455. The lowest BCUT2D eigenvalue weighted by molar-refractivity contribution is -0.121. The summed E-state index contributed by atoms with van der Waals surface area (Å²) in [6.07, 6.45) is 3.83. The lowest BCUT2D eigenvalue weighted by Gasteiger charge is -2.13. The molecule has 4 heteroatoms. The van der Waals surface area contributed by atoms with Crippen molar-refractivity contribution in [2.75, 3.05) is 0 Å².